The van der Waals surface area contributed by atoms with Gasteiger partial charge in [0.2, 0.25) is 11.8 Å². The van der Waals surface area contributed by atoms with Gasteiger partial charge in [0.05, 0.1) is 13.3 Å². The Kier molecular flexibility index (Phi) is 15.4. The monoisotopic (exact) mass is 751 g/mol. The molecular formula is C38H53N7O9. The summed E-state index contributed by atoms with van der Waals surface area (Å²) in [5, 5.41) is 18.9. The lowest BCUT2D eigenvalue weighted by Gasteiger charge is -2.24. The minimum atomic E-state index is -1.12. The third-order valence-corrected chi connectivity index (χ3v) is 7.62. The minimum absolute atomic E-state index is 0.0592. The van der Waals surface area contributed by atoms with Gasteiger partial charge in [0.15, 0.2) is 0 Å². The number of nitrogens with zero attached hydrogens (tertiary/aromatic N) is 3. The Hall–Kier alpha value is -5.67. The standard InChI is InChI=1S/C38H53N7O9/c1-24(40-36(50)54-38(5,6)7)32(46)42-31(33(47)39-8)26-18-19-30(51-9)27(21-26)29-22-45(44-43-29)20-14-13-17-28(34(48)53-37(2,3)4)41-35(49)52-23-25-15-11-10-12-16-25/h10-12,15-16,18-19,21-22,24,28,31H,13-14,17,20,23H2,1-9H3,(H,39,47)(H,40,50)(H,41,49)(H,42,46)/t24-,28+,31+/m1/s1. The molecule has 3 aromatic rings. The molecule has 0 spiro atoms. The van der Waals surface area contributed by atoms with Crippen LogP contribution in [0, 0.1) is 0 Å². The predicted octanol–water partition coefficient (Wildman–Crippen LogP) is 4.58. The number of alkyl carbamates (subject to hydrolysis) is 2. The van der Waals surface area contributed by atoms with Gasteiger partial charge in [0, 0.05) is 19.2 Å². The van der Waals surface area contributed by atoms with Crippen molar-refractivity contribution in [3.05, 3.63) is 65.9 Å². The van der Waals surface area contributed by atoms with Gasteiger partial charge in [0.1, 0.15) is 47.4 Å². The van der Waals surface area contributed by atoms with Crippen molar-refractivity contribution in [2.45, 2.75) is 110 Å². The fraction of sp³-hybridized carbons (Fsp3) is 0.500. The number of benzene rings is 2. The highest BCUT2D eigenvalue weighted by Crippen LogP contribution is 2.31. The van der Waals surface area contributed by atoms with Gasteiger partial charge in [-0.25, -0.2) is 14.4 Å². The first-order chi connectivity index (χ1) is 25.4. The van der Waals surface area contributed by atoms with E-state index in [0.29, 0.717) is 48.4 Å². The fourth-order valence-electron chi connectivity index (χ4n) is 5.05. The lowest BCUT2D eigenvalue weighted by Crippen LogP contribution is -2.49. The Morgan fingerprint density at radius 1 is 0.833 bits per heavy atom. The number of methoxy groups -OCH3 is 1. The first kappa shape index (κ1) is 42.7. The second kappa shape index (κ2) is 19.4. The van der Waals surface area contributed by atoms with E-state index < -0.39 is 59.3 Å². The summed E-state index contributed by atoms with van der Waals surface area (Å²) in [5.41, 5.74) is 0.715. The number of likely N-dealkylation sites (N-methyl/N-ethyl adjacent to an activating group) is 1. The molecule has 1 aromatic heterocycles. The molecule has 0 saturated carbocycles. The summed E-state index contributed by atoms with van der Waals surface area (Å²) >= 11 is 0. The van der Waals surface area contributed by atoms with E-state index >= 15 is 0 Å². The molecular weight excluding hydrogens is 698 g/mol. The van der Waals surface area contributed by atoms with E-state index in [1.54, 1.807) is 70.6 Å². The molecule has 2 aromatic carbocycles. The molecule has 0 aliphatic heterocycles. The second-order valence-corrected chi connectivity index (χ2v) is 14.5. The largest absolute Gasteiger partial charge is 0.496 e. The van der Waals surface area contributed by atoms with Crippen LogP contribution in [0.5, 0.6) is 5.75 Å². The molecule has 0 aliphatic carbocycles. The molecule has 4 amide bonds. The number of hydrogen-bond donors (Lipinski definition) is 4. The smallest absolute Gasteiger partial charge is 0.408 e. The topological polar surface area (TPSA) is 201 Å². The number of nitrogens with one attached hydrogen (secondary N) is 4. The Balaban J connectivity index is 1.68. The lowest BCUT2D eigenvalue weighted by atomic mass is 10.0. The summed E-state index contributed by atoms with van der Waals surface area (Å²) in [6.45, 7) is 12.4. The van der Waals surface area contributed by atoms with E-state index in [9.17, 15) is 24.0 Å². The van der Waals surface area contributed by atoms with Crippen LogP contribution in [0.15, 0.2) is 54.7 Å². The summed E-state index contributed by atoms with van der Waals surface area (Å²) in [5.74, 6) is -1.20. The number of rotatable bonds is 16. The highest BCUT2D eigenvalue weighted by atomic mass is 16.6. The van der Waals surface area contributed by atoms with Gasteiger partial charge < -0.3 is 40.2 Å². The zero-order valence-electron chi connectivity index (χ0n) is 32.5. The van der Waals surface area contributed by atoms with E-state index in [1.165, 1.54) is 21.1 Å². The molecule has 3 rings (SSSR count). The molecule has 294 valence electrons. The van der Waals surface area contributed by atoms with Crippen LogP contribution in [0.1, 0.15) is 84.9 Å². The number of aromatic nitrogens is 3. The van der Waals surface area contributed by atoms with Crippen LogP contribution in [0.25, 0.3) is 11.3 Å². The van der Waals surface area contributed by atoms with Gasteiger partial charge in [-0.3, -0.25) is 14.3 Å². The molecule has 4 N–H and O–H groups in total. The van der Waals surface area contributed by atoms with Crippen LogP contribution < -0.4 is 26.0 Å². The van der Waals surface area contributed by atoms with Gasteiger partial charge in [-0.15, -0.1) is 5.10 Å². The summed E-state index contributed by atoms with van der Waals surface area (Å²) in [4.78, 5) is 63.8. The number of hydrogen-bond acceptors (Lipinski definition) is 11. The maximum Gasteiger partial charge on any atom is 0.408 e. The van der Waals surface area contributed by atoms with E-state index in [2.05, 4.69) is 31.6 Å². The van der Waals surface area contributed by atoms with Crippen molar-refractivity contribution in [1.82, 2.24) is 36.3 Å². The molecule has 0 radical (unpaired) electrons. The molecule has 0 unspecified atom stereocenters. The third kappa shape index (κ3) is 14.0. The van der Waals surface area contributed by atoms with Crippen LogP contribution in [0.4, 0.5) is 9.59 Å². The van der Waals surface area contributed by atoms with Crippen molar-refractivity contribution < 1.29 is 42.9 Å². The molecule has 54 heavy (non-hydrogen) atoms. The number of unbranched alkanes of at least 4 members (excludes halogenated alkanes) is 1. The van der Waals surface area contributed by atoms with E-state index in [-0.39, 0.29) is 6.61 Å². The van der Waals surface area contributed by atoms with Crippen LogP contribution in [0.2, 0.25) is 0 Å². The van der Waals surface area contributed by atoms with Crippen LogP contribution in [-0.2, 0) is 41.7 Å². The van der Waals surface area contributed by atoms with Crippen LogP contribution in [0.3, 0.4) is 0 Å². The Morgan fingerprint density at radius 3 is 2.15 bits per heavy atom. The third-order valence-electron chi connectivity index (χ3n) is 7.62. The second-order valence-electron chi connectivity index (χ2n) is 14.5. The minimum Gasteiger partial charge on any atom is -0.496 e. The Morgan fingerprint density at radius 2 is 1.52 bits per heavy atom. The average Bonchev–Trinajstić information content (AvgIpc) is 3.58. The van der Waals surface area contributed by atoms with Gasteiger partial charge in [-0.2, -0.15) is 0 Å². The van der Waals surface area contributed by atoms with Gasteiger partial charge in [-0.05, 0) is 91.0 Å². The van der Waals surface area contributed by atoms with Crippen molar-refractivity contribution in [3.8, 4) is 17.0 Å². The van der Waals surface area contributed by atoms with Crippen molar-refractivity contribution in [1.29, 1.82) is 0 Å². The van der Waals surface area contributed by atoms with Crippen LogP contribution in [-0.4, -0.2) is 82.4 Å². The SMILES string of the molecule is CNC(=O)[C@@H](NC(=O)[C@@H](C)NC(=O)OC(C)(C)C)c1ccc(OC)c(-c2cn(CCCC[C@H](NC(=O)OCc3ccccc3)C(=O)OC(C)(C)C)nn2)c1. The highest BCUT2D eigenvalue weighted by molar-refractivity contribution is 5.92. The molecule has 0 bridgehead atoms. The molecule has 3 atom stereocenters. The maximum atomic E-state index is 13.1. The lowest BCUT2D eigenvalue weighted by molar-refractivity contribution is -0.157. The summed E-state index contributed by atoms with van der Waals surface area (Å²) in [6.07, 6.45) is 1.64. The fourth-order valence-corrected chi connectivity index (χ4v) is 5.05. The van der Waals surface area contributed by atoms with Gasteiger partial charge in [0.25, 0.3) is 0 Å². The van der Waals surface area contributed by atoms with E-state index in [4.69, 9.17) is 18.9 Å². The van der Waals surface area contributed by atoms with Crippen molar-refractivity contribution in [2.75, 3.05) is 14.2 Å². The van der Waals surface area contributed by atoms with Gasteiger partial charge in [-0.1, -0.05) is 41.6 Å². The van der Waals surface area contributed by atoms with Crippen molar-refractivity contribution in [2.24, 2.45) is 0 Å². The summed E-state index contributed by atoms with van der Waals surface area (Å²) < 4.78 is 23.3. The number of amides is 4. The van der Waals surface area contributed by atoms with Crippen molar-refractivity contribution in [3.63, 3.8) is 0 Å². The summed E-state index contributed by atoms with van der Waals surface area (Å²) in [7, 11) is 2.95. The van der Waals surface area contributed by atoms with Crippen molar-refractivity contribution >= 4 is 30.0 Å². The molecule has 0 aliphatic rings. The Labute approximate surface area is 316 Å². The molecule has 1 heterocycles. The zero-order chi connectivity index (χ0) is 40.1. The number of carbonyl (C=O) groups excluding carboxylic acids is 5. The predicted molar refractivity (Wildman–Crippen MR) is 199 cm³/mol. The molecule has 0 saturated heterocycles. The first-order valence-corrected chi connectivity index (χ1v) is 17.7. The van der Waals surface area contributed by atoms with E-state index in [1.807, 2.05) is 30.3 Å². The highest BCUT2D eigenvalue weighted by Gasteiger charge is 2.29. The molecule has 16 nitrogen and oxygen atoms in total. The Bertz CT molecular complexity index is 1730. The number of ether oxygens (including phenoxy) is 4. The summed E-state index contributed by atoms with van der Waals surface area (Å²) in [6, 6.07) is 11.1. The maximum absolute atomic E-state index is 13.1. The zero-order valence-corrected chi connectivity index (χ0v) is 32.5. The normalized spacial score (nSPS) is 13.1. The number of esters is 1. The molecule has 16 heteroatoms. The molecule has 0 fully saturated rings. The number of carbonyl (C=O) groups is 5. The number of aryl methyl sites for hydroxylation is 1. The van der Waals surface area contributed by atoms with E-state index in [0.717, 1.165) is 5.56 Å². The average molecular weight is 752 g/mol. The first-order valence-electron chi connectivity index (χ1n) is 17.7. The quantitative estimate of drug-likeness (QED) is 0.0907. The van der Waals surface area contributed by atoms with Crippen LogP contribution >= 0.6 is 0 Å². The van der Waals surface area contributed by atoms with Gasteiger partial charge >= 0.3 is 18.2 Å².